The maximum absolute atomic E-state index is 12.3. The first-order valence-corrected chi connectivity index (χ1v) is 12.8. The molecule has 36 heavy (non-hydrogen) atoms. The van der Waals surface area contributed by atoms with E-state index in [2.05, 4.69) is 37.6 Å². The predicted octanol–water partition coefficient (Wildman–Crippen LogP) is 3.01. The van der Waals surface area contributed by atoms with Crippen LogP contribution in [-0.4, -0.2) is 65.9 Å². The van der Waals surface area contributed by atoms with Crippen LogP contribution in [0.1, 0.15) is 62.8 Å². The van der Waals surface area contributed by atoms with Crippen molar-refractivity contribution < 1.29 is 14.3 Å². The zero-order valence-electron chi connectivity index (χ0n) is 22.1. The Hall–Kier alpha value is -3.14. The van der Waals surface area contributed by atoms with Crippen LogP contribution >= 0.6 is 0 Å². The molecule has 4 rings (SSSR count). The van der Waals surface area contributed by atoms with Crippen LogP contribution in [0.3, 0.4) is 0 Å². The van der Waals surface area contributed by atoms with Gasteiger partial charge in [-0.05, 0) is 65.0 Å². The first-order valence-electron chi connectivity index (χ1n) is 12.8. The van der Waals surface area contributed by atoms with Gasteiger partial charge in [-0.25, -0.2) is 4.98 Å². The first-order chi connectivity index (χ1) is 17.1. The molecule has 0 bridgehead atoms. The standard InChI is InChI=1S/C26H39N7O3/c1-16-21(29-15-19(27)24(34)36-26(2,3)4)31-25(35-5)32-23(16)33-13-10-17(11-14-33)20-9-8-18-7-6-12-28-22(18)30-20/h8-9,17,19H,6-7,10-15,27H2,1-5H3,(H,28,30)(H,29,31,32). The number of hydrogen-bond acceptors (Lipinski definition) is 10. The summed E-state index contributed by atoms with van der Waals surface area (Å²) in [5.74, 6) is 2.44. The van der Waals surface area contributed by atoms with Crippen molar-refractivity contribution in [1.29, 1.82) is 0 Å². The molecule has 0 saturated carbocycles. The molecule has 10 heteroatoms. The molecule has 1 saturated heterocycles. The number of aryl methyl sites for hydroxylation is 1. The quantitative estimate of drug-likeness (QED) is 0.491. The highest BCUT2D eigenvalue weighted by Crippen LogP contribution is 2.34. The van der Waals surface area contributed by atoms with E-state index in [9.17, 15) is 4.79 Å². The van der Waals surface area contributed by atoms with Gasteiger partial charge in [-0.15, -0.1) is 0 Å². The number of carbonyl (C=O) groups excluding carboxylic acids is 1. The van der Waals surface area contributed by atoms with Gasteiger partial charge in [0.15, 0.2) is 0 Å². The van der Waals surface area contributed by atoms with Crippen LogP contribution in [0.25, 0.3) is 0 Å². The Bertz CT molecular complexity index is 1080. The molecule has 10 nitrogen and oxygen atoms in total. The zero-order valence-corrected chi connectivity index (χ0v) is 22.1. The lowest BCUT2D eigenvalue weighted by molar-refractivity contribution is -0.156. The Morgan fingerprint density at radius 3 is 2.69 bits per heavy atom. The highest BCUT2D eigenvalue weighted by molar-refractivity contribution is 5.76. The second kappa shape index (κ2) is 10.9. The predicted molar refractivity (Wildman–Crippen MR) is 141 cm³/mol. The van der Waals surface area contributed by atoms with Crippen LogP contribution in [0.5, 0.6) is 6.01 Å². The average molecular weight is 498 g/mol. The van der Waals surface area contributed by atoms with Crippen molar-refractivity contribution in [1.82, 2.24) is 15.0 Å². The number of rotatable bonds is 7. The van der Waals surface area contributed by atoms with Gasteiger partial charge < -0.3 is 30.7 Å². The topological polar surface area (TPSA) is 128 Å². The van der Waals surface area contributed by atoms with Gasteiger partial charge in [-0.1, -0.05) is 6.07 Å². The summed E-state index contributed by atoms with van der Waals surface area (Å²) in [5, 5.41) is 6.64. The molecule has 0 radical (unpaired) electrons. The number of anilines is 3. The third-order valence-electron chi connectivity index (χ3n) is 6.61. The zero-order chi connectivity index (χ0) is 25.9. The summed E-state index contributed by atoms with van der Waals surface area (Å²) in [5.41, 5.74) is 8.84. The SMILES string of the molecule is COc1nc(NCC(N)C(=O)OC(C)(C)C)c(C)c(N2CCC(c3ccc4c(n3)NCCC4)CC2)n1. The number of fused-ring (bicyclic) bond motifs is 1. The van der Waals surface area contributed by atoms with E-state index in [4.69, 9.17) is 20.2 Å². The van der Waals surface area contributed by atoms with Gasteiger partial charge in [0, 0.05) is 43.4 Å². The maximum Gasteiger partial charge on any atom is 0.325 e. The monoisotopic (exact) mass is 497 g/mol. The van der Waals surface area contributed by atoms with Crippen molar-refractivity contribution in [3.05, 3.63) is 29.0 Å². The number of nitrogens with two attached hydrogens (primary N) is 1. The van der Waals surface area contributed by atoms with Gasteiger partial charge in [0.25, 0.3) is 0 Å². The van der Waals surface area contributed by atoms with E-state index in [0.717, 1.165) is 62.5 Å². The summed E-state index contributed by atoms with van der Waals surface area (Å²) in [7, 11) is 1.55. The smallest absolute Gasteiger partial charge is 0.325 e. The lowest BCUT2D eigenvalue weighted by Gasteiger charge is -2.34. The minimum Gasteiger partial charge on any atom is -0.467 e. The van der Waals surface area contributed by atoms with Gasteiger partial charge in [0.2, 0.25) is 0 Å². The second-order valence-corrected chi connectivity index (χ2v) is 10.6. The van der Waals surface area contributed by atoms with Crippen molar-refractivity contribution >= 4 is 23.4 Å². The van der Waals surface area contributed by atoms with Crippen LogP contribution in [-0.2, 0) is 16.0 Å². The summed E-state index contributed by atoms with van der Waals surface area (Å²) >= 11 is 0. The van der Waals surface area contributed by atoms with E-state index in [1.165, 1.54) is 11.3 Å². The minimum absolute atomic E-state index is 0.190. The number of aromatic nitrogens is 3. The lowest BCUT2D eigenvalue weighted by atomic mass is 9.92. The van der Waals surface area contributed by atoms with E-state index < -0.39 is 17.6 Å². The van der Waals surface area contributed by atoms with E-state index in [0.29, 0.717) is 11.7 Å². The van der Waals surface area contributed by atoms with Crippen molar-refractivity contribution in [2.75, 3.05) is 48.8 Å². The first kappa shape index (κ1) is 25.9. The van der Waals surface area contributed by atoms with Crippen LogP contribution in [0.15, 0.2) is 12.1 Å². The van der Waals surface area contributed by atoms with Crippen molar-refractivity contribution in [2.45, 2.75) is 70.9 Å². The van der Waals surface area contributed by atoms with E-state index in [1.54, 1.807) is 7.11 Å². The highest BCUT2D eigenvalue weighted by atomic mass is 16.6. The summed E-state index contributed by atoms with van der Waals surface area (Å²) < 4.78 is 10.8. The minimum atomic E-state index is -0.817. The van der Waals surface area contributed by atoms with E-state index >= 15 is 0 Å². The molecule has 1 unspecified atom stereocenters. The largest absolute Gasteiger partial charge is 0.467 e. The third-order valence-corrected chi connectivity index (χ3v) is 6.61. The molecular formula is C26H39N7O3. The maximum atomic E-state index is 12.3. The van der Waals surface area contributed by atoms with Crippen LogP contribution in [0, 0.1) is 6.92 Å². The van der Waals surface area contributed by atoms with Crippen molar-refractivity contribution in [3.8, 4) is 6.01 Å². The van der Waals surface area contributed by atoms with E-state index in [1.807, 2.05) is 27.7 Å². The molecule has 1 fully saturated rings. The molecule has 2 aromatic heterocycles. The number of esters is 1. The second-order valence-electron chi connectivity index (χ2n) is 10.6. The number of pyridine rings is 1. The summed E-state index contributed by atoms with van der Waals surface area (Å²) in [6.45, 7) is 10.3. The molecule has 4 N–H and O–H groups in total. The van der Waals surface area contributed by atoms with Crippen LogP contribution < -0.4 is 26.0 Å². The van der Waals surface area contributed by atoms with Gasteiger partial charge in [0.1, 0.15) is 29.1 Å². The van der Waals surface area contributed by atoms with E-state index in [-0.39, 0.29) is 12.6 Å². The number of carbonyl (C=O) groups is 1. The normalized spacial score (nSPS) is 17.1. The average Bonchev–Trinajstić information content (AvgIpc) is 2.86. The van der Waals surface area contributed by atoms with Gasteiger partial charge in [0.05, 0.1) is 7.11 Å². The summed E-state index contributed by atoms with van der Waals surface area (Å²) in [6, 6.07) is 3.88. The molecule has 0 aromatic carbocycles. The fourth-order valence-corrected chi connectivity index (χ4v) is 4.68. The number of hydrogen-bond donors (Lipinski definition) is 3. The van der Waals surface area contributed by atoms with Crippen LogP contribution in [0.4, 0.5) is 17.5 Å². The Morgan fingerprint density at radius 2 is 2.00 bits per heavy atom. The van der Waals surface area contributed by atoms with Crippen molar-refractivity contribution in [2.24, 2.45) is 5.73 Å². The number of nitrogens with zero attached hydrogens (tertiary/aromatic N) is 4. The fourth-order valence-electron chi connectivity index (χ4n) is 4.68. The molecule has 1 atom stereocenters. The molecule has 4 heterocycles. The van der Waals surface area contributed by atoms with Gasteiger partial charge in [-0.3, -0.25) is 4.79 Å². The number of ether oxygens (including phenoxy) is 2. The molecule has 196 valence electrons. The molecule has 2 aliphatic rings. The Labute approximate surface area is 213 Å². The van der Waals surface area contributed by atoms with Crippen molar-refractivity contribution in [3.63, 3.8) is 0 Å². The number of methoxy groups -OCH3 is 1. The Balaban J connectivity index is 1.42. The fraction of sp³-hybridized carbons (Fsp3) is 0.615. The van der Waals surface area contributed by atoms with Gasteiger partial charge in [-0.2, -0.15) is 9.97 Å². The molecule has 0 aliphatic carbocycles. The summed E-state index contributed by atoms with van der Waals surface area (Å²) in [4.78, 5) is 28.6. The van der Waals surface area contributed by atoms with Gasteiger partial charge >= 0.3 is 12.0 Å². The third kappa shape index (κ3) is 6.16. The molecular weight excluding hydrogens is 458 g/mol. The highest BCUT2D eigenvalue weighted by Gasteiger charge is 2.27. The molecule has 0 spiro atoms. The number of piperidine rings is 1. The molecule has 0 amide bonds. The number of nitrogens with one attached hydrogen (secondary N) is 2. The Morgan fingerprint density at radius 1 is 1.25 bits per heavy atom. The van der Waals surface area contributed by atoms with Crippen LogP contribution in [0.2, 0.25) is 0 Å². The molecule has 2 aromatic rings. The molecule has 2 aliphatic heterocycles. The summed E-state index contributed by atoms with van der Waals surface area (Å²) in [6.07, 6.45) is 4.24. The lowest BCUT2D eigenvalue weighted by Crippen LogP contribution is -2.42. The Kier molecular flexibility index (Phi) is 7.82.